The molecule has 3 aliphatic carbocycles. The van der Waals surface area contributed by atoms with E-state index in [4.69, 9.17) is 0 Å². The topological polar surface area (TPSA) is 60.7 Å². The van der Waals surface area contributed by atoms with E-state index < -0.39 is 5.60 Å². The van der Waals surface area contributed by atoms with Crippen LogP contribution >= 0.6 is 0 Å². The Morgan fingerprint density at radius 1 is 1.13 bits per heavy atom. The lowest BCUT2D eigenvalue weighted by Crippen LogP contribution is -2.52. The molecule has 30 heavy (non-hydrogen) atoms. The Morgan fingerprint density at radius 2 is 1.87 bits per heavy atom. The summed E-state index contributed by atoms with van der Waals surface area (Å²) in [6.07, 6.45) is 12.9. The maximum Gasteiger partial charge on any atom is 0.0654 e. The quantitative estimate of drug-likeness (QED) is 0.520. The fraction of sp³-hybridized carbons (Fsp3) is 0.778. The van der Waals surface area contributed by atoms with E-state index in [1.807, 2.05) is 6.92 Å². The number of hydrogen-bond acceptors (Lipinski definition) is 3. The number of hydrogen-bond donors (Lipinski definition) is 3. The molecule has 170 valence electrons. The first kappa shape index (κ1) is 23.8. The van der Waals surface area contributed by atoms with Crippen molar-refractivity contribution in [1.29, 1.82) is 0 Å². The standard InChI is InChI=1S/C27H44O3/c1-18(2)7-6-16-26(4,30)24-14-13-23-20(11-15-25(29)27(23,24)5)9-10-21-17-22(28)12-8-19(21)3/h9-10,18,22-25,28-30H,3,6-8,11-17H2,1-2,4-5H3/b20-9+,21-10+/t22-,23-,24-,25?,26+,27+/m0/s1. The third-order valence-electron chi connectivity index (χ3n) is 8.52. The minimum absolute atomic E-state index is 0.125. The second-order valence-corrected chi connectivity index (χ2v) is 11.2. The van der Waals surface area contributed by atoms with Crippen molar-refractivity contribution in [3.05, 3.63) is 35.5 Å². The highest BCUT2D eigenvalue weighted by molar-refractivity contribution is 5.36. The summed E-state index contributed by atoms with van der Waals surface area (Å²) >= 11 is 0. The van der Waals surface area contributed by atoms with Crippen molar-refractivity contribution < 1.29 is 15.3 Å². The van der Waals surface area contributed by atoms with Gasteiger partial charge in [0, 0.05) is 5.41 Å². The minimum atomic E-state index is -0.734. The van der Waals surface area contributed by atoms with Crippen LogP contribution in [0, 0.1) is 23.2 Å². The van der Waals surface area contributed by atoms with E-state index in [-0.39, 0.29) is 23.5 Å². The summed E-state index contributed by atoms with van der Waals surface area (Å²) in [6.45, 7) is 12.9. The molecule has 3 rings (SSSR count). The maximum absolute atomic E-state index is 11.5. The Morgan fingerprint density at radius 3 is 2.57 bits per heavy atom. The SMILES string of the molecule is C=C1CC[C@H](O)C/C1=C\C=C1/CCC(O)[C@@]2(C)[C@H]([C@](C)(O)CCCC(C)C)CC[C@@H]12. The second kappa shape index (κ2) is 9.30. The molecule has 3 fully saturated rings. The Balaban J connectivity index is 1.80. The van der Waals surface area contributed by atoms with Crippen molar-refractivity contribution in [1.82, 2.24) is 0 Å². The molecule has 3 saturated carbocycles. The Hall–Kier alpha value is -0.900. The monoisotopic (exact) mass is 416 g/mol. The summed E-state index contributed by atoms with van der Waals surface area (Å²) in [6, 6.07) is 0. The molecular formula is C27H44O3. The van der Waals surface area contributed by atoms with Gasteiger partial charge in [-0.05, 0) is 81.6 Å². The molecule has 1 unspecified atom stereocenters. The van der Waals surface area contributed by atoms with Crippen LogP contribution in [0.1, 0.15) is 91.9 Å². The van der Waals surface area contributed by atoms with E-state index in [1.54, 1.807) is 0 Å². The van der Waals surface area contributed by atoms with Gasteiger partial charge in [-0.3, -0.25) is 0 Å². The molecule has 0 aromatic rings. The van der Waals surface area contributed by atoms with Crippen molar-refractivity contribution in [2.45, 2.75) is 110 Å². The van der Waals surface area contributed by atoms with Crippen molar-refractivity contribution >= 4 is 0 Å². The predicted octanol–water partition coefficient (Wildman–Crippen LogP) is 5.70. The molecule has 6 atom stereocenters. The van der Waals surface area contributed by atoms with Gasteiger partial charge in [-0.15, -0.1) is 0 Å². The van der Waals surface area contributed by atoms with Gasteiger partial charge in [0.2, 0.25) is 0 Å². The van der Waals surface area contributed by atoms with Crippen LogP contribution in [0.5, 0.6) is 0 Å². The number of allylic oxidation sites excluding steroid dienone is 4. The van der Waals surface area contributed by atoms with Crippen LogP contribution in [0.2, 0.25) is 0 Å². The Kier molecular flexibility index (Phi) is 7.37. The highest BCUT2D eigenvalue weighted by Crippen LogP contribution is 2.60. The van der Waals surface area contributed by atoms with Crippen molar-refractivity contribution in [2.24, 2.45) is 23.2 Å². The van der Waals surface area contributed by atoms with Crippen LogP contribution in [-0.4, -0.2) is 33.1 Å². The molecule has 0 aromatic carbocycles. The lowest BCUT2D eigenvalue weighted by Gasteiger charge is -2.50. The highest BCUT2D eigenvalue weighted by atomic mass is 16.3. The number of aliphatic hydroxyl groups excluding tert-OH is 2. The van der Waals surface area contributed by atoms with Gasteiger partial charge < -0.3 is 15.3 Å². The van der Waals surface area contributed by atoms with Crippen LogP contribution in [0.3, 0.4) is 0 Å². The fourth-order valence-corrected chi connectivity index (χ4v) is 6.65. The van der Waals surface area contributed by atoms with E-state index in [0.717, 1.165) is 63.4 Å². The zero-order chi connectivity index (χ0) is 22.1. The predicted molar refractivity (Wildman–Crippen MR) is 124 cm³/mol. The van der Waals surface area contributed by atoms with E-state index in [1.165, 1.54) is 11.1 Å². The average Bonchev–Trinajstić information content (AvgIpc) is 3.03. The molecule has 0 heterocycles. The summed E-state index contributed by atoms with van der Waals surface area (Å²) in [5.41, 5.74) is 2.72. The second-order valence-electron chi connectivity index (χ2n) is 11.2. The molecule has 0 bridgehead atoms. The molecule has 0 saturated heterocycles. The summed E-state index contributed by atoms with van der Waals surface area (Å²) in [7, 11) is 0. The summed E-state index contributed by atoms with van der Waals surface area (Å²) in [5.74, 6) is 1.10. The Bertz CT molecular complexity index is 686. The van der Waals surface area contributed by atoms with Gasteiger partial charge >= 0.3 is 0 Å². The van der Waals surface area contributed by atoms with Gasteiger partial charge in [-0.2, -0.15) is 0 Å². The van der Waals surface area contributed by atoms with E-state index in [2.05, 4.69) is 39.5 Å². The third kappa shape index (κ3) is 4.79. The van der Waals surface area contributed by atoms with Crippen LogP contribution in [0.25, 0.3) is 0 Å². The fourth-order valence-electron chi connectivity index (χ4n) is 6.65. The number of rotatable bonds is 6. The molecule has 0 aromatic heterocycles. The van der Waals surface area contributed by atoms with Gasteiger partial charge in [0.15, 0.2) is 0 Å². The van der Waals surface area contributed by atoms with Crippen LogP contribution in [0.4, 0.5) is 0 Å². The van der Waals surface area contributed by atoms with Crippen LogP contribution in [0.15, 0.2) is 35.5 Å². The third-order valence-corrected chi connectivity index (χ3v) is 8.52. The first-order chi connectivity index (χ1) is 14.1. The van der Waals surface area contributed by atoms with Crippen molar-refractivity contribution in [3.8, 4) is 0 Å². The van der Waals surface area contributed by atoms with Crippen LogP contribution < -0.4 is 0 Å². The maximum atomic E-state index is 11.5. The number of aliphatic hydroxyl groups is 3. The Labute approximate surface area is 184 Å². The van der Waals surface area contributed by atoms with Crippen molar-refractivity contribution in [3.63, 3.8) is 0 Å². The molecule has 0 radical (unpaired) electrons. The van der Waals surface area contributed by atoms with Gasteiger partial charge in [0.05, 0.1) is 17.8 Å². The van der Waals surface area contributed by atoms with Gasteiger partial charge in [-0.25, -0.2) is 0 Å². The van der Waals surface area contributed by atoms with E-state index >= 15 is 0 Å². The van der Waals surface area contributed by atoms with E-state index in [9.17, 15) is 15.3 Å². The van der Waals surface area contributed by atoms with Gasteiger partial charge in [-0.1, -0.05) is 63.5 Å². The summed E-state index contributed by atoms with van der Waals surface area (Å²) in [4.78, 5) is 0. The molecule has 3 aliphatic rings. The smallest absolute Gasteiger partial charge is 0.0654 e. The lowest BCUT2D eigenvalue weighted by atomic mass is 9.58. The molecular weight excluding hydrogens is 372 g/mol. The van der Waals surface area contributed by atoms with Crippen molar-refractivity contribution in [2.75, 3.05) is 0 Å². The molecule has 0 spiro atoms. The lowest BCUT2D eigenvalue weighted by molar-refractivity contribution is -0.114. The zero-order valence-electron chi connectivity index (χ0n) is 19.7. The highest BCUT2D eigenvalue weighted by Gasteiger charge is 2.58. The van der Waals surface area contributed by atoms with E-state index in [0.29, 0.717) is 18.3 Å². The van der Waals surface area contributed by atoms with Gasteiger partial charge in [0.1, 0.15) is 0 Å². The molecule has 0 aliphatic heterocycles. The summed E-state index contributed by atoms with van der Waals surface area (Å²) < 4.78 is 0. The largest absolute Gasteiger partial charge is 0.393 e. The van der Waals surface area contributed by atoms with Crippen LogP contribution in [-0.2, 0) is 0 Å². The molecule has 3 nitrogen and oxygen atoms in total. The van der Waals surface area contributed by atoms with Gasteiger partial charge in [0.25, 0.3) is 0 Å². The molecule has 3 N–H and O–H groups in total. The number of fused-ring (bicyclic) bond motifs is 1. The minimum Gasteiger partial charge on any atom is -0.393 e. The average molecular weight is 417 g/mol. The summed E-state index contributed by atoms with van der Waals surface area (Å²) in [5, 5.41) is 32.6. The molecule has 0 amide bonds. The molecule has 3 heteroatoms. The zero-order valence-corrected chi connectivity index (χ0v) is 19.7. The first-order valence-electron chi connectivity index (χ1n) is 12.2. The first-order valence-corrected chi connectivity index (χ1v) is 12.2. The normalized spacial score (nSPS) is 39.5.